The topological polar surface area (TPSA) is 15.3 Å². The number of rotatable bonds is 6. The zero-order valence-electron chi connectivity index (χ0n) is 12.9. The van der Waals surface area contributed by atoms with Crippen molar-refractivity contribution in [1.29, 1.82) is 0 Å². The van der Waals surface area contributed by atoms with Crippen LogP contribution in [0.3, 0.4) is 0 Å². The van der Waals surface area contributed by atoms with Gasteiger partial charge in [0.05, 0.1) is 0 Å². The monoisotopic (exact) mass is 346 g/mol. The maximum Gasteiger partial charge on any atom is 0.0294 e. The van der Waals surface area contributed by atoms with E-state index in [-0.39, 0.29) is 0 Å². The van der Waals surface area contributed by atoms with Gasteiger partial charge < -0.3 is 10.2 Å². The first-order valence-corrected chi connectivity index (χ1v) is 8.06. The van der Waals surface area contributed by atoms with Gasteiger partial charge in [-0.15, -0.1) is 0 Å². The molecule has 1 N–H and O–H groups in total. The highest BCUT2D eigenvalue weighted by Gasteiger charge is 2.07. The number of nitrogens with one attached hydrogen (secondary N) is 1. The molecule has 112 valence electrons. The molecule has 1 atom stereocenters. The number of hydrogen-bond acceptors (Lipinski definition) is 2. The fraction of sp³-hybridized carbons (Fsp3) is 0.333. The third kappa shape index (κ3) is 4.95. The molecular formula is C18H23BrN2. The van der Waals surface area contributed by atoms with Crippen LogP contribution in [0, 0.1) is 0 Å². The molecule has 0 aromatic heterocycles. The SMILES string of the molecule is CC(NCc1ccccc1CN(C)C)c1ccc(Br)cc1. The molecule has 2 aromatic carbocycles. The first-order chi connectivity index (χ1) is 10.1. The van der Waals surface area contributed by atoms with Crippen molar-refractivity contribution in [3.63, 3.8) is 0 Å². The molecule has 0 radical (unpaired) electrons. The van der Waals surface area contributed by atoms with E-state index in [1.807, 2.05) is 0 Å². The van der Waals surface area contributed by atoms with Gasteiger partial charge in [-0.3, -0.25) is 0 Å². The third-order valence-electron chi connectivity index (χ3n) is 3.57. The molecule has 0 fully saturated rings. The normalized spacial score (nSPS) is 12.6. The first-order valence-electron chi connectivity index (χ1n) is 7.26. The first kappa shape index (κ1) is 16.2. The highest BCUT2D eigenvalue weighted by atomic mass is 79.9. The molecule has 21 heavy (non-hydrogen) atoms. The molecule has 0 heterocycles. The van der Waals surface area contributed by atoms with Crippen LogP contribution in [-0.2, 0) is 13.1 Å². The highest BCUT2D eigenvalue weighted by molar-refractivity contribution is 9.10. The number of halogens is 1. The Morgan fingerprint density at radius 2 is 1.62 bits per heavy atom. The number of nitrogens with zero attached hydrogens (tertiary/aromatic N) is 1. The van der Waals surface area contributed by atoms with E-state index < -0.39 is 0 Å². The van der Waals surface area contributed by atoms with Crippen molar-refractivity contribution < 1.29 is 0 Å². The summed E-state index contributed by atoms with van der Waals surface area (Å²) in [5.74, 6) is 0. The second kappa shape index (κ2) is 7.74. The minimum atomic E-state index is 0.338. The average Bonchev–Trinajstić information content (AvgIpc) is 2.46. The molecule has 0 aliphatic rings. The van der Waals surface area contributed by atoms with E-state index in [0.29, 0.717) is 6.04 Å². The summed E-state index contributed by atoms with van der Waals surface area (Å²) < 4.78 is 1.12. The van der Waals surface area contributed by atoms with Crippen molar-refractivity contribution >= 4 is 15.9 Å². The second-order valence-electron chi connectivity index (χ2n) is 5.66. The number of hydrogen-bond donors (Lipinski definition) is 1. The predicted molar refractivity (Wildman–Crippen MR) is 93.2 cm³/mol. The largest absolute Gasteiger partial charge is 0.306 e. The van der Waals surface area contributed by atoms with Gasteiger partial charge in [0.2, 0.25) is 0 Å². The summed E-state index contributed by atoms with van der Waals surface area (Å²) in [5, 5.41) is 3.61. The summed E-state index contributed by atoms with van der Waals surface area (Å²) in [7, 11) is 4.21. The van der Waals surface area contributed by atoms with Gasteiger partial charge in [0.15, 0.2) is 0 Å². The Morgan fingerprint density at radius 3 is 2.24 bits per heavy atom. The van der Waals surface area contributed by atoms with E-state index in [1.165, 1.54) is 16.7 Å². The lowest BCUT2D eigenvalue weighted by molar-refractivity contribution is 0.400. The molecule has 3 heteroatoms. The quantitative estimate of drug-likeness (QED) is 0.835. The van der Waals surface area contributed by atoms with Gasteiger partial charge >= 0.3 is 0 Å². The predicted octanol–water partition coefficient (Wildman–Crippen LogP) is 4.36. The molecule has 0 spiro atoms. The third-order valence-corrected chi connectivity index (χ3v) is 4.10. The van der Waals surface area contributed by atoms with Gasteiger partial charge in [-0.25, -0.2) is 0 Å². The highest BCUT2D eigenvalue weighted by Crippen LogP contribution is 2.18. The van der Waals surface area contributed by atoms with Crippen LogP contribution in [0.1, 0.15) is 29.7 Å². The molecule has 2 rings (SSSR count). The lowest BCUT2D eigenvalue weighted by Crippen LogP contribution is -2.20. The maximum atomic E-state index is 3.61. The van der Waals surface area contributed by atoms with Crippen LogP contribution in [0.15, 0.2) is 53.0 Å². The van der Waals surface area contributed by atoms with Crippen LogP contribution in [0.5, 0.6) is 0 Å². The zero-order chi connectivity index (χ0) is 15.2. The molecule has 0 amide bonds. The summed E-state index contributed by atoms with van der Waals surface area (Å²) >= 11 is 3.48. The molecule has 0 aliphatic carbocycles. The lowest BCUT2D eigenvalue weighted by atomic mass is 10.1. The van der Waals surface area contributed by atoms with Crippen LogP contribution in [0.25, 0.3) is 0 Å². The molecule has 2 aromatic rings. The van der Waals surface area contributed by atoms with E-state index in [2.05, 4.69) is 95.7 Å². The van der Waals surface area contributed by atoms with Gasteiger partial charge in [0, 0.05) is 23.6 Å². The standard InChI is InChI=1S/C18H23BrN2/c1-14(15-8-10-18(19)11-9-15)20-12-16-6-4-5-7-17(16)13-21(2)3/h4-11,14,20H,12-13H2,1-3H3. The molecule has 2 nitrogen and oxygen atoms in total. The number of benzene rings is 2. The molecule has 0 bridgehead atoms. The van der Waals surface area contributed by atoms with E-state index in [1.54, 1.807) is 0 Å². The van der Waals surface area contributed by atoms with Gasteiger partial charge in [0.1, 0.15) is 0 Å². The van der Waals surface area contributed by atoms with Gasteiger partial charge in [-0.1, -0.05) is 52.3 Å². The van der Waals surface area contributed by atoms with Crippen LogP contribution in [0.4, 0.5) is 0 Å². The minimum Gasteiger partial charge on any atom is -0.306 e. The van der Waals surface area contributed by atoms with Crippen molar-refractivity contribution in [2.45, 2.75) is 26.1 Å². The van der Waals surface area contributed by atoms with Gasteiger partial charge in [0.25, 0.3) is 0 Å². The fourth-order valence-corrected chi connectivity index (χ4v) is 2.62. The van der Waals surface area contributed by atoms with Crippen LogP contribution < -0.4 is 5.32 Å². The average molecular weight is 347 g/mol. The van der Waals surface area contributed by atoms with Gasteiger partial charge in [-0.2, -0.15) is 0 Å². The molecular weight excluding hydrogens is 324 g/mol. The smallest absolute Gasteiger partial charge is 0.0294 e. The Morgan fingerprint density at radius 1 is 1.00 bits per heavy atom. The van der Waals surface area contributed by atoms with Gasteiger partial charge in [-0.05, 0) is 49.8 Å². The van der Waals surface area contributed by atoms with Crippen molar-refractivity contribution in [2.75, 3.05) is 14.1 Å². The second-order valence-corrected chi connectivity index (χ2v) is 6.58. The Bertz CT molecular complexity index is 564. The van der Waals surface area contributed by atoms with Crippen LogP contribution in [0.2, 0.25) is 0 Å². The Hall–Kier alpha value is -1.16. The van der Waals surface area contributed by atoms with Crippen LogP contribution >= 0.6 is 15.9 Å². The summed E-state index contributed by atoms with van der Waals surface area (Å²) in [6, 6.07) is 17.5. The minimum absolute atomic E-state index is 0.338. The van der Waals surface area contributed by atoms with Crippen molar-refractivity contribution in [3.8, 4) is 0 Å². The fourth-order valence-electron chi connectivity index (χ4n) is 2.36. The van der Waals surface area contributed by atoms with Crippen molar-refractivity contribution in [3.05, 3.63) is 69.7 Å². The van der Waals surface area contributed by atoms with E-state index in [4.69, 9.17) is 0 Å². The van der Waals surface area contributed by atoms with E-state index >= 15 is 0 Å². The summed E-state index contributed by atoms with van der Waals surface area (Å²) in [4.78, 5) is 2.21. The summed E-state index contributed by atoms with van der Waals surface area (Å²) in [5.41, 5.74) is 4.07. The Kier molecular flexibility index (Phi) is 5.97. The lowest BCUT2D eigenvalue weighted by Gasteiger charge is -2.18. The maximum absolute atomic E-state index is 3.61. The summed E-state index contributed by atoms with van der Waals surface area (Å²) in [6.07, 6.45) is 0. The molecule has 0 saturated carbocycles. The van der Waals surface area contributed by atoms with Crippen LogP contribution in [-0.4, -0.2) is 19.0 Å². The zero-order valence-corrected chi connectivity index (χ0v) is 14.5. The van der Waals surface area contributed by atoms with Crippen molar-refractivity contribution in [2.24, 2.45) is 0 Å². The molecule has 1 unspecified atom stereocenters. The van der Waals surface area contributed by atoms with E-state index in [0.717, 1.165) is 17.6 Å². The Balaban J connectivity index is 2.01. The molecule has 0 aliphatic heterocycles. The van der Waals surface area contributed by atoms with E-state index in [9.17, 15) is 0 Å². The molecule has 0 saturated heterocycles. The van der Waals surface area contributed by atoms with Crippen molar-refractivity contribution in [1.82, 2.24) is 10.2 Å². The summed E-state index contributed by atoms with van der Waals surface area (Å²) in [6.45, 7) is 4.07. The Labute approximate surface area is 136 Å².